The molecule has 0 rings (SSSR count). The molecule has 0 saturated carbocycles. The molecule has 4 heteroatoms. The summed E-state index contributed by atoms with van der Waals surface area (Å²) >= 11 is 2.17. The van der Waals surface area contributed by atoms with E-state index in [2.05, 4.69) is 42.6 Å². The van der Waals surface area contributed by atoms with Gasteiger partial charge in [0.1, 0.15) is 7.82 Å². The van der Waals surface area contributed by atoms with Gasteiger partial charge in [0.05, 0.1) is 9.39 Å². The van der Waals surface area contributed by atoms with Crippen LogP contribution in [0.2, 0.25) is 0 Å². The van der Waals surface area contributed by atoms with Gasteiger partial charge in [-0.05, 0) is 0 Å². The van der Waals surface area contributed by atoms with Gasteiger partial charge in [-0.3, -0.25) is 0 Å². The zero-order valence-electron chi connectivity index (χ0n) is 6.02. The molecule has 50 valence electrons. The first kappa shape index (κ1) is 9.13. The van der Waals surface area contributed by atoms with E-state index in [1.807, 2.05) is 0 Å². The summed E-state index contributed by atoms with van der Waals surface area (Å²) in [6.07, 6.45) is 0. The van der Waals surface area contributed by atoms with Crippen LogP contribution in [0.5, 0.6) is 0 Å². The van der Waals surface area contributed by atoms with Crippen molar-refractivity contribution in [2.24, 2.45) is 0 Å². The fourth-order valence-electron chi connectivity index (χ4n) is 0.236. The lowest BCUT2D eigenvalue weighted by Crippen LogP contribution is -2.08. The Morgan fingerprint density at radius 1 is 1.38 bits per heavy atom. The third kappa shape index (κ3) is 7.13. The molecule has 0 atom stereocenters. The molecule has 0 heterocycles. The van der Waals surface area contributed by atoms with Crippen molar-refractivity contribution in [3.05, 3.63) is 0 Å². The van der Waals surface area contributed by atoms with Gasteiger partial charge >= 0.3 is 0 Å². The molecule has 0 N–H and O–H groups in total. The standard InChI is InChI=1S/C4H14S2Si2/c1-4(2,3)5-8-6-7/h8H2,1-3,7H3. The Hall–Kier alpha value is 1.13. The van der Waals surface area contributed by atoms with Crippen LogP contribution in [0.3, 0.4) is 0 Å². The lowest BCUT2D eigenvalue weighted by molar-refractivity contribution is 0.810. The number of hydrogen-bond donors (Lipinski definition) is 0. The van der Waals surface area contributed by atoms with Crippen LogP contribution < -0.4 is 0 Å². The summed E-state index contributed by atoms with van der Waals surface area (Å²) in [6.45, 7) is 6.88. The van der Waals surface area contributed by atoms with Crippen LogP contribution >= 0.6 is 21.9 Å². The highest BCUT2D eigenvalue weighted by atomic mass is 32.7. The Bertz CT molecular complexity index is 59.5. The summed E-state index contributed by atoms with van der Waals surface area (Å²) in [6, 6.07) is 0. The van der Waals surface area contributed by atoms with E-state index in [0.29, 0.717) is 4.75 Å². The first-order valence-electron chi connectivity index (χ1n) is 2.69. The van der Waals surface area contributed by atoms with Crippen LogP contribution in [0.1, 0.15) is 20.8 Å². The van der Waals surface area contributed by atoms with Gasteiger partial charge in [0.15, 0.2) is 0 Å². The third-order valence-corrected chi connectivity index (χ3v) is 15.0. The van der Waals surface area contributed by atoms with Crippen molar-refractivity contribution >= 4 is 39.1 Å². The summed E-state index contributed by atoms with van der Waals surface area (Å²) in [5.41, 5.74) is 0. The lowest BCUT2D eigenvalue weighted by Gasteiger charge is -2.15. The maximum atomic E-state index is 2.29. The van der Waals surface area contributed by atoms with Crippen molar-refractivity contribution in [1.82, 2.24) is 0 Å². The van der Waals surface area contributed by atoms with Crippen LogP contribution in [0.25, 0.3) is 0 Å². The highest BCUT2D eigenvalue weighted by Gasteiger charge is 2.08. The summed E-state index contributed by atoms with van der Waals surface area (Å²) in [5, 5.41) is 0. The Morgan fingerprint density at radius 3 is 2.00 bits per heavy atom. The van der Waals surface area contributed by atoms with E-state index in [9.17, 15) is 0 Å². The molecule has 0 nitrogen and oxygen atoms in total. The molecule has 0 aliphatic heterocycles. The van der Waals surface area contributed by atoms with Crippen LogP contribution in [0.4, 0.5) is 0 Å². The Morgan fingerprint density at radius 2 is 1.88 bits per heavy atom. The fraction of sp³-hybridized carbons (Fsp3) is 1.00. The van der Waals surface area contributed by atoms with E-state index in [1.54, 1.807) is 0 Å². The quantitative estimate of drug-likeness (QED) is 0.572. The maximum absolute atomic E-state index is 2.29. The van der Waals surface area contributed by atoms with Crippen molar-refractivity contribution in [1.29, 1.82) is 0 Å². The molecule has 0 saturated heterocycles. The van der Waals surface area contributed by atoms with Gasteiger partial charge in [0, 0.05) is 4.75 Å². The molecule has 0 radical (unpaired) electrons. The highest BCUT2D eigenvalue weighted by Crippen LogP contribution is 2.23. The molecule has 8 heavy (non-hydrogen) atoms. The lowest BCUT2D eigenvalue weighted by atomic mass is 10.3. The monoisotopic (exact) mass is 182 g/mol. The second-order valence-corrected chi connectivity index (χ2v) is 15.6. The first-order valence-corrected chi connectivity index (χ1v) is 11.0. The molecular weight excluding hydrogens is 168 g/mol. The summed E-state index contributed by atoms with van der Waals surface area (Å²) < 4.78 is 0.531. The highest BCUT2D eigenvalue weighted by molar-refractivity contribution is 8.58. The molecule has 0 fully saturated rings. The molecule has 0 spiro atoms. The van der Waals surface area contributed by atoms with Gasteiger partial charge in [0.2, 0.25) is 0 Å². The van der Waals surface area contributed by atoms with Crippen LogP contribution in [-0.4, -0.2) is 22.0 Å². The molecule has 0 amide bonds. The average Bonchev–Trinajstić information content (AvgIpc) is 1.59. The molecule has 0 unspecified atom stereocenters. The molecule has 0 bridgehead atoms. The molecule has 0 aromatic heterocycles. The van der Waals surface area contributed by atoms with E-state index in [-0.39, 0.29) is 7.82 Å². The summed E-state index contributed by atoms with van der Waals surface area (Å²) in [7, 11) is 3.72. The van der Waals surface area contributed by atoms with Crippen LogP contribution in [-0.2, 0) is 0 Å². The van der Waals surface area contributed by atoms with E-state index in [1.165, 1.54) is 9.39 Å². The normalized spacial score (nSPS) is 13.9. The third-order valence-electron chi connectivity index (χ3n) is 0.610. The maximum Gasteiger partial charge on any atom is 0.138 e. The fourth-order valence-corrected chi connectivity index (χ4v) is 9.55. The predicted octanol–water partition coefficient (Wildman–Crippen LogP) is 0.530. The van der Waals surface area contributed by atoms with Gasteiger partial charge in [-0.15, -0.1) is 0 Å². The Labute approximate surface area is 64.8 Å². The largest absolute Gasteiger partial charge is 0.213 e. The van der Waals surface area contributed by atoms with Gasteiger partial charge < -0.3 is 0 Å². The van der Waals surface area contributed by atoms with Crippen LogP contribution in [0.15, 0.2) is 0 Å². The van der Waals surface area contributed by atoms with Crippen molar-refractivity contribution in [3.63, 3.8) is 0 Å². The van der Waals surface area contributed by atoms with Gasteiger partial charge in [0.25, 0.3) is 0 Å². The summed E-state index contributed by atoms with van der Waals surface area (Å²) in [4.78, 5) is 0. The number of rotatable bonds is 2. The Balaban J connectivity index is 3.11. The van der Waals surface area contributed by atoms with Crippen molar-refractivity contribution in [3.8, 4) is 0 Å². The van der Waals surface area contributed by atoms with Gasteiger partial charge in [-0.25, -0.2) is 10.7 Å². The average molecular weight is 182 g/mol. The van der Waals surface area contributed by atoms with E-state index in [4.69, 9.17) is 0 Å². The minimum Gasteiger partial charge on any atom is -0.213 e. The van der Waals surface area contributed by atoms with Crippen molar-refractivity contribution in [2.75, 3.05) is 0 Å². The van der Waals surface area contributed by atoms with E-state index < -0.39 is 0 Å². The van der Waals surface area contributed by atoms with Crippen molar-refractivity contribution in [2.45, 2.75) is 25.5 Å². The summed E-state index contributed by atoms with van der Waals surface area (Å²) in [5.74, 6) is 0. The molecule has 0 aromatic rings. The SMILES string of the molecule is CC(C)(C)S[SiH2]S[SiH3]. The predicted molar refractivity (Wildman–Crippen MR) is 53.4 cm³/mol. The second-order valence-electron chi connectivity index (χ2n) is 2.66. The smallest absolute Gasteiger partial charge is 0.138 e. The first-order chi connectivity index (χ1) is 3.56. The molecule has 0 aliphatic carbocycles. The van der Waals surface area contributed by atoms with Gasteiger partial charge in [-0.1, -0.05) is 20.8 Å². The number of hydrogen-bond acceptors (Lipinski definition) is 2. The minimum atomic E-state index is 0.213. The molecular formula is C4H14S2Si2. The van der Waals surface area contributed by atoms with Crippen molar-refractivity contribution < 1.29 is 0 Å². The zero-order valence-corrected chi connectivity index (χ0v) is 11.1. The van der Waals surface area contributed by atoms with E-state index >= 15 is 0 Å². The Kier molecular flexibility index (Phi) is 4.60. The van der Waals surface area contributed by atoms with Crippen LogP contribution in [0, 0.1) is 0 Å². The molecule has 0 aromatic carbocycles. The molecule has 0 aliphatic rings. The van der Waals surface area contributed by atoms with Gasteiger partial charge in [-0.2, -0.15) is 11.2 Å². The second kappa shape index (κ2) is 4.03. The minimum absolute atomic E-state index is 0.213. The van der Waals surface area contributed by atoms with E-state index in [0.717, 1.165) is 0 Å². The topological polar surface area (TPSA) is 0 Å². The zero-order chi connectivity index (χ0) is 6.62.